The molecule has 1 aromatic carbocycles. The first-order valence-electron chi connectivity index (χ1n) is 6.28. The van der Waals surface area contributed by atoms with Crippen LogP contribution in [0.4, 0.5) is 0 Å². The van der Waals surface area contributed by atoms with Crippen molar-refractivity contribution in [3.63, 3.8) is 0 Å². The molecule has 0 aliphatic carbocycles. The summed E-state index contributed by atoms with van der Waals surface area (Å²) in [6.07, 6.45) is 1.18. The Balaban J connectivity index is 2.55. The van der Waals surface area contributed by atoms with E-state index in [-0.39, 0.29) is 11.8 Å². The number of carbonyl (C=O) groups excluding carboxylic acids is 1. The van der Waals surface area contributed by atoms with Crippen molar-refractivity contribution in [2.45, 2.75) is 26.2 Å². The standard InChI is InChI=1S/C14H22N2OS/c1-11(2)8-9-18-10-13(14(17)16-15)12-6-4-3-5-7-12/h3-7,11,13H,8-10,15H2,1-2H3,(H,16,17). The van der Waals surface area contributed by atoms with Gasteiger partial charge in [0, 0.05) is 5.75 Å². The molecule has 0 spiro atoms. The van der Waals surface area contributed by atoms with Crippen molar-refractivity contribution < 1.29 is 4.79 Å². The number of nitrogens with two attached hydrogens (primary N) is 1. The second-order valence-electron chi connectivity index (χ2n) is 4.73. The van der Waals surface area contributed by atoms with Gasteiger partial charge in [-0.15, -0.1) is 0 Å². The number of nitrogens with one attached hydrogen (secondary N) is 1. The highest BCUT2D eigenvalue weighted by Gasteiger charge is 2.19. The van der Waals surface area contributed by atoms with Crippen molar-refractivity contribution >= 4 is 17.7 Å². The van der Waals surface area contributed by atoms with Gasteiger partial charge < -0.3 is 0 Å². The van der Waals surface area contributed by atoms with Crippen molar-refractivity contribution in [3.05, 3.63) is 35.9 Å². The molecule has 0 saturated carbocycles. The van der Waals surface area contributed by atoms with E-state index in [1.165, 1.54) is 6.42 Å². The first-order chi connectivity index (χ1) is 8.65. The average molecular weight is 266 g/mol. The topological polar surface area (TPSA) is 55.1 Å². The Morgan fingerprint density at radius 2 is 2.00 bits per heavy atom. The molecule has 4 heteroatoms. The largest absolute Gasteiger partial charge is 0.294 e. The maximum absolute atomic E-state index is 11.8. The smallest absolute Gasteiger partial charge is 0.242 e. The number of rotatable bonds is 7. The second kappa shape index (κ2) is 8.16. The van der Waals surface area contributed by atoms with Gasteiger partial charge in [-0.05, 0) is 23.7 Å². The van der Waals surface area contributed by atoms with Crippen molar-refractivity contribution in [2.24, 2.45) is 11.8 Å². The van der Waals surface area contributed by atoms with E-state index >= 15 is 0 Å². The van der Waals surface area contributed by atoms with Crippen molar-refractivity contribution in [1.82, 2.24) is 5.43 Å². The van der Waals surface area contributed by atoms with Crippen LogP contribution in [0.5, 0.6) is 0 Å². The highest BCUT2D eigenvalue weighted by molar-refractivity contribution is 7.99. The van der Waals surface area contributed by atoms with E-state index in [1.807, 2.05) is 42.1 Å². The van der Waals surface area contributed by atoms with Gasteiger partial charge in [0.1, 0.15) is 0 Å². The summed E-state index contributed by atoms with van der Waals surface area (Å²) in [5.41, 5.74) is 3.29. The minimum atomic E-state index is -0.159. The first-order valence-corrected chi connectivity index (χ1v) is 7.43. The summed E-state index contributed by atoms with van der Waals surface area (Å²) in [6, 6.07) is 9.80. The van der Waals surface area contributed by atoms with Gasteiger partial charge in [0.05, 0.1) is 5.92 Å². The first kappa shape index (κ1) is 15.1. The summed E-state index contributed by atoms with van der Waals surface area (Å²) in [5, 5.41) is 0. The monoisotopic (exact) mass is 266 g/mol. The van der Waals surface area contributed by atoms with E-state index in [1.54, 1.807) is 0 Å². The van der Waals surface area contributed by atoms with Crippen LogP contribution in [0.1, 0.15) is 31.7 Å². The molecule has 1 aromatic rings. The Morgan fingerprint density at radius 3 is 2.56 bits per heavy atom. The molecule has 3 nitrogen and oxygen atoms in total. The van der Waals surface area contributed by atoms with E-state index in [0.29, 0.717) is 5.92 Å². The molecule has 3 N–H and O–H groups in total. The lowest BCUT2D eigenvalue weighted by Crippen LogP contribution is -2.35. The van der Waals surface area contributed by atoms with Gasteiger partial charge in [-0.25, -0.2) is 5.84 Å². The van der Waals surface area contributed by atoms with Crippen LogP contribution in [-0.2, 0) is 4.79 Å². The summed E-state index contributed by atoms with van der Waals surface area (Å²) >= 11 is 1.81. The van der Waals surface area contributed by atoms with Crippen LogP contribution in [-0.4, -0.2) is 17.4 Å². The van der Waals surface area contributed by atoms with Gasteiger partial charge in [-0.1, -0.05) is 44.2 Å². The fraction of sp³-hybridized carbons (Fsp3) is 0.500. The van der Waals surface area contributed by atoms with E-state index in [4.69, 9.17) is 5.84 Å². The summed E-state index contributed by atoms with van der Waals surface area (Å²) in [6.45, 7) is 4.42. The lowest BCUT2D eigenvalue weighted by atomic mass is 10.0. The van der Waals surface area contributed by atoms with E-state index in [2.05, 4.69) is 19.3 Å². The second-order valence-corrected chi connectivity index (χ2v) is 5.88. The Bertz CT molecular complexity index is 354. The predicted molar refractivity (Wildman–Crippen MR) is 78.3 cm³/mol. The molecule has 1 atom stereocenters. The van der Waals surface area contributed by atoms with Crippen molar-refractivity contribution in [1.29, 1.82) is 0 Å². The molecular weight excluding hydrogens is 244 g/mol. The maximum atomic E-state index is 11.8. The third-order valence-electron chi connectivity index (χ3n) is 2.78. The number of thioether (sulfide) groups is 1. The molecule has 1 rings (SSSR count). The Morgan fingerprint density at radius 1 is 1.33 bits per heavy atom. The van der Waals surface area contributed by atoms with E-state index in [9.17, 15) is 4.79 Å². The van der Waals surface area contributed by atoms with Gasteiger partial charge in [0.2, 0.25) is 5.91 Å². The van der Waals surface area contributed by atoms with Crippen LogP contribution < -0.4 is 11.3 Å². The molecular formula is C14H22N2OS. The lowest BCUT2D eigenvalue weighted by molar-refractivity contribution is -0.122. The molecule has 0 heterocycles. The average Bonchev–Trinajstić information content (AvgIpc) is 2.38. The fourth-order valence-electron chi connectivity index (χ4n) is 1.63. The number of benzene rings is 1. The minimum absolute atomic E-state index is 0.113. The van der Waals surface area contributed by atoms with Gasteiger partial charge in [0.25, 0.3) is 0 Å². The highest BCUT2D eigenvalue weighted by Crippen LogP contribution is 2.22. The summed E-state index contributed by atoms with van der Waals surface area (Å²) < 4.78 is 0. The lowest BCUT2D eigenvalue weighted by Gasteiger charge is -2.15. The maximum Gasteiger partial charge on any atom is 0.242 e. The zero-order valence-corrected chi connectivity index (χ0v) is 11.9. The van der Waals surface area contributed by atoms with Gasteiger partial charge >= 0.3 is 0 Å². The molecule has 0 aliphatic rings. The SMILES string of the molecule is CC(C)CCSCC(C(=O)NN)c1ccccc1. The van der Waals surface area contributed by atoms with E-state index in [0.717, 1.165) is 17.1 Å². The van der Waals surface area contributed by atoms with Crippen LogP contribution in [0, 0.1) is 5.92 Å². The molecule has 0 aromatic heterocycles. The zero-order chi connectivity index (χ0) is 13.4. The molecule has 0 fully saturated rings. The molecule has 1 amide bonds. The Kier molecular flexibility index (Phi) is 6.83. The quantitative estimate of drug-likeness (QED) is 0.345. The normalized spacial score (nSPS) is 12.4. The summed E-state index contributed by atoms with van der Waals surface area (Å²) in [7, 11) is 0. The zero-order valence-electron chi connectivity index (χ0n) is 11.1. The van der Waals surface area contributed by atoms with Crippen molar-refractivity contribution in [2.75, 3.05) is 11.5 Å². The van der Waals surface area contributed by atoms with Crippen molar-refractivity contribution in [3.8, 4) is 0 Å². The fourth-order valence-corrected chi connectivity index (χ4v) is 3.01. The number of hydrogen-bond acceptors (Lipinski definition) is 3. The minimum Gasteiger partial charge on any atom is -0.294 e. The number of carbonyl (C=O) groups is 1. The van der Waals surface area contributed by atoms with Crippen LogP contribution in [0.25, 0.3) is 0 Å². The van der Waals surface area contributed by atoms with Crippen LogP contribution in [0.3, 0.4) is 0 Å². The Hall–Kier alpha value is -1.00. The highest BCUT2D eigenvalue weighted by atomic mass is 32.2. The summed E-state index contributed by atoms with van der Waals surface area (Å²) in [4.78, 5) is 11.8. The predicted octanol–water partition coefficient (Wildman–Crippen LogP) is 2.54. The molecule has 0 bridgehead atoms. The van der Waals surface area contributed by atoms with Gasteiger partial charge in [-0.2, -0.15) is 11.8 Å². The molecule has 0 radical (unpaired) electrons. The molecule has 0 aliphatic heterocycles. The third kappa shape index (κ3) is 5.10. The molecule has 18 heavy (non-hydrogen) atoms. The summed E-state index contributed by atoms with van der Waals surface area (Å²) in [5.74, 6) is 7.55. The van der Waals surface area contributed by atoms with Gasteiger partial charge in [-0.3, -0.25) is 10.2 Å². The molecule has 0 saturated heterocycles. The van der Waals surface area contributed by atoms with E-state index < -0.39 is 0 Å². The van der Waals surface area contributed by atoms with Crippen LogP contribution in [0.15, 0.2) is 30.3 Å². The number of amides is 1. The van der Waals surface area contributed by atoms with Crippen LogP contribution in [0.2, 0.25) is 0 Å². The molecule has 100 valence electrons. The molecule has 1 unspecified atom stereocenters. The number of hydrazine groups is 1. The third-order valence-corrected chi connectivity index (χ3v) is 3.88. The number of hydrogen-bond donors (Lipinski definition) is 2. The Labute approximate surface area is 113 Å². The van der Waals surface area contributed by atoms with Crippen LogP contribution >= 0.6 is 11.8 Å². The van der Waals surface area contributed by atoms with Gasteiger partial charge in [0.15, 0.2) is 0 Å².